The summed E-state index contributed by atoms with van der Waals surface area (Å²) in [4.78, 5) is 0. The van der Waals surface area contributed by atoms with Crippen LogP contribution in [0, 0.1) is 5.41 Å². The van der Waals surface area contributed by atoms with Crippen LogP contribution < -0.4 is 0 Å². The molecule has 0 aromatic rings. The average molecular weight is 810 g/mol. The molecule has 0 saturated heterocycles. The Morgan fingerprint density at radius 3 is 0.915 bits per heavy atom. The first-order valence-electron chi connectivity index (χ1n) is 17.4. The molecule has 18 heteroatoms. The van der Waals surface area contributed by atoms with Crippen LogP contribution in [0.4, 0.5) is 0 Å². The van der Waals surface area contributed by atoms with E-state index in [1.807, 2.05) is 0 Å². The van der Waals surface area contributed by atoms with Gasteiger partial charge in [0.05, 0.1) is 31.8 Å². The van der Waals surface area contributed by atoms with Gasteiger partial charge in [-0.05, 0) is 143 Å². The van der Waals surface area contributed by atoms with E-state index in [1.54, 1.807) is 0 Å². The van der Waals surface area contributed by atoms with Gasteiger partial charge in [0.15, 0.2) is 33.3 Å². The lowest BCUT2D eigenvalue weighted by Crippen LogP contribution is -2.56. The zero-order chi connectivity index (χ0) is 37.2. The molecule has 0 rings (SSSR count). The molecule has 284 valence electrons. The van der Waals surface area contributed by atoms with Gasteiger partial charge in [-0.25, -0.2) is 0 Å². The van der Waals surface area contributed by atoms with Gasteiger partial charge in [0.25, 0.3) is 0 Å². The van der Waals surface area contributed by atoms with Crippen molar-refractivity contribution in [2.45, 2.75) is 143 Å². The maximum absolute atomic E-state index is 10.3. The molecule has 0 aliphatic rings. The first-order valence-corrected chi connectivity index (χ1v) is 41.7. The Morgan fingerprint density at radius 2 is 0.681 bits per heavy atom. The Kier molecular flexibility index (Phi) is 19.4. The van der Waals surface area contributed by atoms with Crippen LogP contribution in [-0.2, 0) is 34.2 Å². The smallest absolute Gasteiger partial charge is 0.315 e. The van der Waals surface area contributed by atoms with Crippen LogP contribution in [0.3, 0.4) is 0 Å². The quantitative estimate of drug-likeness (QED) is 0.0665. The third-order valence-electron chi connectivity index (χ3n) is 6.40. The largest absolute Gasteiger partial charge is 0.437 e. The van der Waals surface area contributed by atoms with Crippen molar-refractivity contribution in [2.75, 3.05) is 39.6 Å². The zero-order valence-electron chi connectivity index (χ0n) is 33.7. The SMILES string of the molecule is C[Si](C)(C)O[Si](C)(C)O[Si](C)(CCCOCC(CO)(CO)COCCC[Si](C)(O[Si](C)(C)C)O[Si](C)(C)O[Si](C)(C)C)O[Si](C)(C)C. The molecule has 2 unspecified atom stereocenters. The highest BCUT2D eigenvalue weighted by Gasteiger charge is 2.45. The molecule has 2 atom stereocenters. The number of aliphatic hydroxyl groups is 2. The lowest BCUT2D eigenvalue weighted by atomic mass is 9.92. The standard InChI is InChI=1S/C29H76O10Si8/c1-40(2,3)34-44(13,14)38-46(17,36-42(7,8)9)23-19-21-32-27-29(25-30,26-31)28-33-22-20-24-47(18,37-43(10,11)12)39-45(15,16)35-41(4,5)6/h30-31H,19-28H2,1-18H3. The van der Waals surface area contributed by atoms with E-state index >= 15 is 0 Å². The van der Waals surface area contributed by atoms with Gasteiger partial charge in [0, 0.05) is 13.2 Å². The van der Waals surface area contributed by atoms with E-state index in [-0.39, 0.29) is 26.4 Å². The fourth-order valence-corrected chi connectivity index (χ4v) is 41.8. The molecule has 47 heavy (non-hydrogen) atoms. The van der Waals surface area contributed by atoms with Crippen molar-refractivity contribution < 1.29 is 44.4 Å². The van der Waals surface area contributed by atoms with Gasteiger partial charge >= 0.3 is 34.2 Å². The Bertz CT molecular complexity index is 831. The summed E-state index contributed by atoms with van der Waals surface area (Å²) < 4.78 is 52.0. The van der Waals surface area contributed by atoms with Crippen LogP contribution in [0.15, 0.2) is 0 Å². The first kappa shape index (κ1) is 48.3. The van der Waals surface area contributed by atoms with Crippen LogP contribution in [0.1, 0.15) is 12.8 Å². The lowest BCUT2D eigenvalue weighted by Gasteiger charge is -2.41. The minimum atomic E-state index is -2.52. The summed E-state index contributed by atoms with van der Waals surface area (Å²) in [6, 6.07) is 1.58. The van der Waals surface area contributed by atoms with Gasteiger partial charge in [-0.1, -0.05) is 0 Å². The molecule has 0 spiro atoms. The number of rotatable bonds is 26. The molecule has 0 aromatic heterocycles. The molecule has 0 bridgehead atoms. The Balaban J connectivity index is 5.16. The van der Waals surface area contributed by atoms with Crippen LogP contribution >= 0.6 is 0 Å². The van der Waals surface area contributed by atoms with Crippen LogP contribution in [0.25, 0.3) is 0 Å². The lowest BCUT2D eigenvalue weighted by molar-refractivity contribution is -0.0768. The fraction of sp³-hybridized carbons (Fsp3) is 1.00. The van der Waals surface area contributed by atoms with Crippen molar-refractivity contribution in [3.05, 3.63) is 0 Å². The molecule has 2 N–H and O–H groups in total. The van der Waals surface area contributed by atoms with Crippen molar-refractivity contribution >= 4 is 67.5 Å². The molecule has 0 saturated carbocycles. The zero-order valence-corrected chi connectivity index (χ0v) is 41.7. The molecule has 0 aromatic carbocycles. The van der Waals surface area contributed by atoms with Gasteiger partial charge in [0.1, 0.15) is 0 Å². The van der Waals surface area contributed by atoms with Crippen molar-refractivity contribution in [1.82, 2.24) is 0 Å². The summed E-state index contributed by atoms with van der Waals surface area (Å²) in [7, 11) is -17.0. The van der Waals surface area contributed by atoms with E-state index in [2.05, 4.69) is 118 Å². The highest BCUT2D eigenvalue weighted by atomic mass is 28.5. The summed E-state index contributed by atoms with van der Waals surface area (Å²) in [6.07, 6.45) is 1.53. The fourth-order valence-electron chi connectivity index (χ4n) is 5.94. The van der Waals surface area contributed by atoms with Gasteiger partial charge in [0.2, 0.25) is 0 Å². The highest BCUT2D eigenvalue weighted by molar-refractivity contribution is 6.90. The molecule has 0 heterocycles. The minimum absolute atomic E-state index is 0.203. The highest BCUT2D eigenvalue weighted by Crippen LogP contribution is 2.30. The van der Waals surface area contributed by atoms with Crippen LogP contribution in [0.5, 0.6) is 0 Å². The molecule has 0 aliphatic carbocycles. The number of aliphatic hydroxyl groups excluding tert-OH is 2. The first-order chi connectivity index (χ1) is 20.8. The van der Waals surface area contributed by atoms with E-state index in [0.29, 0.717) is 13.2 Å². The van der Waals surface area contributed by atoms with E-state index in [9.17, 15) is 10.2 Å². The minimum Gasteiger partial charge on any atom is -0.437 e. The van der Waals surface area contributed by atoms with Crippen molar-refractivity contribution in [3.8, 4) is 0 Å². The number of hydrogen-bond acceptors (Lipinski definition) is 10. The molecule has 0 fully saturated rings. The Hall–Kier alpha value is 1.34. The monoisotopic (exact) mass is 808 g/mol. The normalized spacial score (nSPS) is 17.1. The van der Waals surface area contributed by atoms with Gasteiger partial charge < -0.3 is 44.4 Å². The Morgan fingerprint density at radius 1 is 0.404 bits per heavy atom. The summed E-state index contributed by atoms with van der Waals surface area (Å²) in [6.45, 7) is 40.1. The summed E-state index contributed by atoms with van der Waals surface area (Å²) in [5.74, 6) is 0. The van der Waals surface area contributed by atoms with Crippen molar-refractivity contribution in [1.29, 1.82) is 0 Å². The van der Waals surface area contributed by atoms with Crippen molar-refractivity contribution in [2.24, 2.45) is 5.41 Å². The number of hydrogen-bond donors (Lipinski definition) is 2. The summed E-state index contributed by atoms with van der Waals surface area (Å²) in [5.41, 5.74) is -0.877. The second kappa shape index (κ2) is 18.9. The second-order valence-corrected chi connectivity index (χ2v) is 51.2. The van der Waals surface area contributed by atoms with E-state index in [4.69, 9.17) is 34.2 Å². The van der Waals surface area contributed by atoms with E-state index < -0.39 is 72.9 Å². The van der Waals surface area contributed by atoms with Gasteiger partial charge in [-0.3, -0.25) is 0 Å². The molecular formula is C29H76O10Si8. The molecule has 0 amide bonds. The Labute approximate surface area is 298 Å². The average Bonchev–Trinajstić information content (AvgIpc) is 2.75. The van der Waals surface area contributed by atoms with Gasteiger partial charge in [-0.2, -0.15) is 0 Å². The molecule has 0 aliphatic heterocycles. The maximum Gasteiger partial charge on any atom is 0.315 e. The van der Waals surface area contributed by atoms with E-state index in [1.165, 1.54) is 0 Å². The van der Waals surface area contributed by atoms with Crippen LogP contribution in [-0.4, -0.2) is 117 Å². The second-order valence-electron chi connectivity index (χ2n) is 18.3. The van der Waals surface area contributed by atoms with Crippen molar-refractivity contribution in [3.63, 3.8) is 0 Å². The number of ether oxygens (including phenoxy) is 2. The summed E-state index contributed by atoms with van der Waals surface area (Å²) >= 11 is 0. The predicted molar refractivity (Wildman–Crippen MR) is 215 cm³/mol. The molecule has 0 radical (unpaired) electrons. The van der Waals surface area contributed by atoms with Gasteiger partial charge in [-0.15, -0.1) is 0 Å². The summed E-state index contributed by atoms with van der Waals surface area (Å²) in [5, 5.41) is 20.5. The van der Waals surface area contributed by atoms with E-state index in [0.717, 1.165) is 24.9 Å². The molecule has 10 nitrogen and oxygen atoms in total. The topological polar surface area (TPSA) is 114 Å². The van der Waals surface area contributed by atoms with Crippen LogP contribution in [0.2, 0.25) is 130 Å². The third kappa shape index (κ3) is 24.3. The maximum atomic E-state index is 10.3. The predicted octanol–water partition coefficient (Wildman–Crippen LogP) is 7.76. The molecular weight excluding hydrogens is 733 g/mol. The third-order valence-corrected chi connectivity index (χ3v) is 33.5.